The second kappa shape index (κ2) is 24.9. The highest BCUT2D eigenvalue weighted by molar-refractivity contribution is 5.93. The van der Waals surface area contributed by atoms with Crippen molar-refractivity contribution in [3.05, 3.63) is 331 Å². The molecule has 0 saturated carbocycles. The molecule has 0 bridgehead atoms. The first-order valence-corrected chi connectivity index (χ1v) is 28.9. The van der Waals surface area contributed by atoms with Crippen LogP contribution in [0.5, 0.6) is 0 Å². The smallest absolute Gasteiger partial charge is 0.143 e. The molecule has 0 saturated heterocycles. The Labute approximate surface area is 502 Å². The van der Waals surface area contributed by atoms with Gasteiger partial charge in [-0.25, -0.2) is 22.0 Å². The van der Waals surface area contributed by atoms with E-state index in [1.54, 1.807) is 91.3 Å². The molecule has 3 aromatic heterocycles. The van der Waals surface area contributed by atoms with Crippen LogP contribution in [0.2, 0.25) is 0 Å². The van der Waals surface area contributed by atoms with E-state index >= 15 is 22.0 Å². The molecule has 10 aromatic carbocycles. The largest absolute Gasteiger partial charge is 0.256 e. The Bertz CT molecular complexity index is 4420. The van der Waals surface area contributed by atoms with Crippen molar-refractivity contribution in [1.82, 2.24) is 15.0 Å². The minimum Gasteiger partial charge on any atom is -0.256 e. The standard InChI is InChI=1S/C79H54F5N3/c80-70-38-35-61(46-68(70)57-17-7-2-8-18-57)75-47-67(58-33-31-56(32-34-58)55-15-5-1-6-16-55)69(50-87-75)64-24-14-13-23-63(64)62-44-53(27-25-51-29-41-73(85-48-51)65-36-39-71(81)76(78(65)83)59-19-9-3-10-20-59)43-54(45-62)28-26-52-30-42-74(86-49-52)66-37-40-72(82)77(79(66)84)60-21-11-4-12-22-60/h1-24,29-50H,25-28H2. The van der Waals surface area contributed by atoms with E-state index in [4.69, 9.17) is 15.0 Å². The van der Waals surface area contributed by atoms with Crippen molar-refractivity contribution >= 4 is 0 Å². The van der Waals surface area contributed by atoms with Crippen molar-refractivity contribution in [2.75, 3.05) is 0 Å². The minimum absolute atomic E-state index is 0.0906. The molecule has 0 spiro atoms. The lowest BCUT2D eigenvalue weighted by atomic mass is 9.87. The first-order valence-electron chi connectivity index (χ1n) is 28.9. The van der Waals surface area contributed by atoms with Crippen molar-refractivity contribution in [3.63, 3.8) is 0 Å². The molecule has 13 aromatic rings. The Kier molecular flexibility index (Phi) is 15.9. The summed E-state index contributed by atoms with van der Waals surface area (Å²) in [6, 6.07) is 81.0. The predicted octanol–water partition coefficient (Wildman–Crippen LogP) is 20.8. The van der Waals surface area contributed by atoms with Crippen molar-refractivity contribution < 1.29 is 22.0 Å². The molecule has 0 amide bonds. The van der Waals surface area contributed by atoms with Crippen molar-refractivity contribution in [2.45, 2.75) is 25.7 Å². The summed E-state index contributed by atoms with van der Waals surface area (Å²) in [7, 11) is 0. The van der Waals surface area contributed by atoms with Crippen LogP contribution in [0.1, 0.15) is 22.3 Å². The molecule has 0 aliphatic carbocycles. The van der Waals surface area contributed by atoms with Crippen LogP contribution in [0.3, 0.4) is 0 Å². The van der Waals surface area contributed by atoms with E-state index in [-0.39, 0.29) is 28.1 Å². The maximum absolute atomic E-state index is 16.1. The SMILES string of the molecule is Fc1ccc(-c2cc(-c3ccc(-c4ccccc4)cc3)c(-c3ccccc3-c3cc(CCc4ccc(-c5ccc(F)c(-c6ccccc6)c5F)nc4)cc(CCc4ccc(-c5ccc(F)c(-c6ccccc6)c5F)nc4)c3)cn2)cc1-c1ccccc1. The predicted molar refractivity (Wildman–Crippen MR) is 342 cm³/mol. The third-order valence-corrected chi connectivity index (χ3v) is 16.0. The van der Waals surface area contributed by atoms with Gasteiger partial charge in [-0.15, -0.1) is 0 Å². The van der Waals surface area contributed by atoms with Gasteiger partial charge in [0, 0.05) is 46.4 Å². The van der Waals surface area contributed by atoms with Gasteiger partial charge >= 0.3 is 0 Å². The second-order valence-corrected chi connectivity index (χ2v) is 21.6. The van der Waals surface area contributed by atoms with E-state index in [2.05, 4.69) is 72.8 Å². The number of pyridine rings is 3. The summed E-state index contributed by atoms with van der Waals surface area (Å²) in [5.41, 5.74) is 16.8. The monoisotopic (exact) mass is 1140 g/mol. The molecule has 0 atom stereocenters. The van der Waals surface area contributed by atoms with E-state index in [1.165, 1.54) is 30.3 Å². The summed E-state index contributed by atoms with van der Waals surface area (Å²) in [4.78, 5) is 14.5. The maximum Gasteiger partial charge on any atom is 0.143 e. The highest BCUT2D eigenvalue weighted by Crippen LogP contribution is 2.42. The van der Waals surface area contributed by atoms with Crippen LogP contribution in [-0.2, 0) is 25.7 Å². The fraction of sp³-hybridized carbons (Fsp3) is 0.0506. The quantitative estimate of drug-likeness (QED) is 0.0905. The van der Waals surface area contributed by atoms with Crippen LogP contribution in [0, 0.1) is 29.1 Å². The lowest BCUT2D eigenvalue weighted by Gasteiger charge is -2.18. The van der Waals surface area contributed by atoms with Crippen LogP contribution >= 0.6 is 0 Å². The molecule has 0 unspecified atom stereocenters. The number of rotatable bonds is 16. The molecular weight excluding hydrogens is 1090 g/mol. The lowest BCUT2D eigenvalue weighted by Crippen LogP contribution is -2.00. The molecule has 0 radical (unpaired) electrons. The van der Waals surface area contributed by atoms with E-state index in [0.717, 1.165) is 77.9 Å². The van der Waals surface area contributed by atoms with Gasteiger partial charge in [0.25, 0.3) is 0 Å². The topological polar surface area (TPSA) is 38.7 Å². The lowest BCUT2D eigenvalue weighted by molar-refractivity contribution is 0.591. The van der Waals surface area contributed by atoms with E-state index in [9.17, 15) is 0 Å². The number of hydrogen-bond donors (Lipinski definition) is 0. The average Bonchev–Trinajstić information content (AvgIpc) is 1.80. The first kappa shape index (κ1) is 55.5. The maximum atomic E-state index is 16.1. The number of aryl methyl sites for hydroxylation is 4. The van der Waals surface area contributed by atoms with Gasteiger partial charge in [-0.2, -0.15) is 0 Å². The van der Waals surface area contributed by atoms with Gasteiger partial charge in [0.05, 0.1) is 28.2 Å². The molecule has 13 rings (SSSR count). The summed E-state index contributed by atoms with van der Waals surface area (Å²) < 4.78 is 78.0. The molecule has 420 valence electrons. The number of benzene rings is 10. The highest BCUT2D eigenvalue weighted by atomic mass is 19.1. The third-order valence-electron chi connectivity index (χ3n) is 16.0. The zero-order valence-electron chi connectivity index (χ0n) is 47.1. The van der Waals surface area contributed by atoms with Crippen LogP contribution in [-0.4, -0.2) is 15.0 Å². The van der Waals surface area contributed by atoms with Crippen molar-refractivity contribution in [2.24, 2.45) is 0 Å². The zero-order valence-corrected chi connectivity index (χ0v) is 47.1. The fourth-order valence-corrected chi connectivity index (χ4v) is 11.5. The molecule has 0 N–H and O–H groups in total. The number of nitrogens with zero attached hydrogens (tertiary/aromatic N) is 3. The Morgan fingerprint density at radius 1 is 0.218 bits per heavy atom. The highest BCUT2D eigenvalue weighted by Gasteiger charge is 2.21. The number of halogens is 5. The van der Waals surface area contributed by atoms with Crippen molar-refractivity contribution in [1.29, 1.82) is 0 Å². The van der Waals surface area contributed by atoms with E-state index < -0.39 is 23.3 Å². The minimum atomic E-state index is -0.665. The molecule has 3 nitrogen and oxygen atoms in total. The second-order valence-electron chi connectivity index (χ2n) is 21.6. The Balaban J connectivity index is 0.858. The fourth-order valence-electron chi connectivity index (χ4n) is 11.5. The van der Waals surface area contributed by atoms with Crippen molar-refractivity contribution in [3.8, 4) is 112 Å². The summed E-state index contributed by atoms with van der Waals surface area (Å²) >= 11 is 0. The van der Waals surface area contributed by atoms with Gasteiger partial charge < -0.3 is 0 Å². The number of aromatic nitrogens is 3. The first-order chi connectivity index (χ1) is 42.7. The normalized spacial score (nSPS) is 11.2. The molecular formula is C79H54F5N3. The Morgan fingerprint density at radius 3 is 1.15 bits per heavy atom. The van der Waals surface area contributed by atoms with E-state index in [1.807, 2.05) is 85.1 Å². The van der Waals surface area contributed by atoms with Gasteiger partial charge in [0.2, 0.25) is 0 Å². The molecule has 8 heteroatoms. The summed E-state index contributed by atoms with van der Waals surface area (Å²) in [5.74, 6) is -2.93. The summed E-state index contributed by atoms with van der Waals surface area (Å²) in [5, 5.41) is 0. The molecule has 0 fully saturated rings. The zero-order chi connectivity index (χ0) is 59.2. The van der Waals surface area contributed by atoms with Crippen LogP contribution in [0.4, 0.5) is 22.0 Å². The summed E-state index contributed by atoms with van der Waals surface area (Å²) in [6.07, 6.45) is 8.00. The third kappa shape index (κ3) is 11.9. The average molecular weight is 1140 g/mol. The number of hydrogen-bond acceptors (Lipinski definition) is 3. The van der Waals surface area contributed by atoms with Gasteiger partial charge in [0.1, 0.15) is 29.1 Å². The van der Waals surface area contributed by atoms with Gasteiger partial charge in [-0.05, 0) is 164 Å². The van der Waals surface area contributed by atoms with Crippen LogP contribution in [0.25, 0.3) is 112 Å². The van der Waals surface area contributed by atoms with Gasteiger partial charge in [-0.3, -0.25) is 15.0 Å². The molecule has 0 aliphatic heterocycles. The molecule has 87 heavy (non-hydrogen) atoms. The molecule has 0 aliphatic rings. The van der Waals surface area contributed by atoms with E-state index in [0.29, 0.717) is 59.5 Å². The van der Waals surface area contributed by atoms with Gasteiger partial charge in [-0.1, -0.05) is 200 Å². The summed E-state index contributed by atoms with van der Waals surface area (Å²) in [6.45, 7) is 0. The van der Waals surface area contributed by atoms with Crippen LogP contribution < -0.4 is 0 Å². The Hall–Kier alpha value is -10.7. The van der Waals surface area contributed by atoms with Crippen LogP contribution in [0.15, 0.2) is 279 Å². The van der Waals surface area contributed by atoms with Gasteiger partial charge in [0.15, 0.2) is 0 Å². The molecule has 3 heterocycles. The Morgan fingerprint density at radius 2 is 0.632 bits per heavy atom.